The highest BCUT2D eigenvalue weighted by Gasteiger charge is 2.10. The molecule has 1 amide bonds. The van der Waals surface area contributed by atoms with Crippen LogP contribution in [0.5, 0.6) is 11.5 Å². The van der Waals surface area contributed by atoms with E-state index in [1.807, 2.05) is 48.5 Å². The first-order valence-corrected chi connectivity index (χ1v) is 9.11. The smallest absolute Gasteiger partial charge is 0.244 e. The van der Waals surface area contributed by atoms with Crippen LogP contribution in [-0.4, -0.2) is 26.3 Å². The van der Waals surface area contributed by atoms with Crippen LogP contribution in [0.25, 0.3) is 10.8 Å². The van der Waals surface area contributed by atoms with Gasteiger partial charge in [0.05, 0.1) is 31.3 Å². The number of amides is 1. The Bertz CT molecular complexity index is 997. The van der Waals surface area contributed by atoms with Crippen LogP contribution in [0.1, 0.15) is 11.1 Å². The number of carbonyl (C=O) groups is 1. The second-order valence-electron chi connectivity index (χ2n) is 5.85. The van der Waals surface area contributed by atoms with Gasteiger partial charge in [0.1, 0.15) is 0 Å². The minimum absolute atomic E-state index is 0.179. The average Bonchev–Trinajstić information content (AvgIpc) is 2.68. The van der Waals surface area contributed by atoms with Gasteiger partial charge in [-0.3, -0.25) is 4.79 Å². The molecule has 0 aliphatic heterocycles. The summed E-state index contributed by atoms with van der Waals surface area (Å²) in [6.45, 7) is 0. The van der Waals surface area contributed by atoms with Gasteiger partial charge in [-0.1, -0.05) is 42.5 Å². The fourth-order valence-electron chi connectivity index (χ4n) is 2.85. The van der Waals surface area contributed by atoms with Gasteiger partial charge in [0.2, 0.25) is 5.91 Å². The Morgan fingerprint density at radius 1 is 1.11 bits per heavy atom. The molecule has 0 aromatic heterocycles. The first-order chi connectivity index (χ1) is 13.1. The van der Waals surface area contributed by atoms with Crippen molar-refractivity contribution >= 4 is 38.8 Å². The normalized spacial score (nSPS) is 10.9. The highest BCUT2D eigenvalue weighted by molar-refractivity contribution is 9.10. The molecule has 0 aliphatic carbocycles. The molecule has 1 N–H and O–H groups in total. The van der Waals surface area contributed by atoms with Gasteiger partial charge in [-0.15, -0.1) is 0 Å². The first kappa shape index (κ1) is 18.9. The van der Waals surface area contributed by atoms with Crippen molar-refractivity contribution in [1.29, 1.82) is 0 Å². The lowest BCUT2D eigenvalue weighted by Gasteiger charge is -2.10. The molecule has 0 atom stereocenters. The average molecular weight is 427 g/mol. The molecule has 3 aromatic carbocycles. The molecule has 27 heavy (non-hydrogen) atoms. The van der Waals surface area contributed by atoms with Crippen LogP contribution in [0.3, 0.4) is 0 Å². The molecular formula is C21H19BrN2O3. The molecule has 0 heterocycles. The highest BCUT2D eigenvalue weighted by Crippen LogP contribution is 2.35. The summed E-state index contributed by atoms with van der Waals surface area (Å²) >= 11 is 3.43. The van der Waals surface area contributed by atoms with Crippen molar-refractivity contribution in [2.45, 2.75) is 6.42 Å². The Morgan fingerprint density at radius 3 is 2.67 bits per heavy atom. The van der Waals surface area contributed by atoms with Gasteiger partial charge < -0.3 is 9.47 Å². The SMILES string of the molecule is COc1cc(/C=N\NC(=O)Cc2cccc3ccccc23)cc(Br)c1OC. The summed E-state index contributed by atoms with van der Waals surface area (Å²) in [4.78, 5) is 12.3. The quantitative estimate of drug-likeness (QED) is 0.471. The summed E-state index contributed by atoms with van der Waals surface area (Å²) in [5.41, 5.74) is 4.31. The molecule has 0 unspecified atom stereocenters. The summed E-state index contributed by atoms with van der Waals surface area (Å²) in [5.74, 6) is 1.01. The van der Waals surface area contributed by atoms with E-state index in [1.165, 1.54) is 0 Å². The molecule has 0 aliphatic rings. The van der Waals surface area contributed by atoms with Gasteiger partial charge in [-0.05, 0) is 50.0 Å². The fourth-order valence-corrected chi connectivity index (χ4v) is 3.47. The van der Waals surface area contributed by atoms with E-state index in [2.05, 4.69) is 26.5 Å². The van der Waals surface area contributed by atoms with Gasteiger partial charge in [-0.2, -0.15) is 5.10 Å². The maximum atomic E-state index is 12.3. The number of carbonyl (C=O) groups excluding carboxylic acids is 1. The number of hydrazone groups is 1. The predicted octanol–water partition coefficient (Wildman–Crippen LogP) is 4.31. The highest BCUT2D eigenvalue weighted by atomic mass is 79.9. The Hall–Kier alpha value is -2.86. The molecule has 3 aromatic rings. The van der Waals surface area contributed by atoms with E-state index in [0.717, 1.165) is 26.4 Å². The molecule has 0 saturated heterocycles. The standard InChI is InChI=1S/C21H19BrN2O3/c1-26-19-11-14(10-18(22)21(19)27-2)13-23-24-20(25)12-16-8-5-7-15-6-3-4-9-17(15)16/h3-11,13H,12H2,1-2H3,(H,24,25)/b23-13-. The molecular weight excluding hydrogens is 408 g/mol. The fraction of sp³-hybridized carbons (Fsp3) is 0.143. The van der Waals surface area contributed by atoms with Crippen LogP contribution in [0.15, 0.2) is 64.2 Å². The lowest BCUT2D eigenvalue weighted by molar-refractivity contribution is -0.120. The summed E-state index contributed by atoms with van der Waals surface area (Å²) in [6, 6.07) is 17.6. The van der Waals surface area contributed by atoms with E-state index in [9.17, 15) is 4.79 Å². The van der Waals surface area contributed by atoms with Gasteiger partial charge in [0.25, 0.3) is 0 Å². The number of benzene rings is 3. The molecule has 0 saturated carbocycles. The van der Waals surface area contributed by atoms with Crippen molar-refractivity contribution in [3.8, 4) is 11.5 Å². The van der Waals surface area contributed by atoms with E-state index in [0.29, 0.717) is 11.5 Å². The zero-order valence-electron chi connectivity index (χ0n) is 15.0. The Labute approximate surface area is 166 Å². The number of rotatable bonds is 6. The van der Waals surface area contributed by atoms with Gasteiger partial charge in [-0.25, -0.2) is 5.43 Å². The van der Waals surface area contributed by atoms with Crippen LogP contribution in [0.2, 0.25) is 0 Å². The zero-order valence-corrected chi connectivity index (χ0v) is 16.6. The van der Waals surface area contributed by atoms with Crippen LogP contribution in [0, 0.1) is 0 Å². The first-order valence-electron chi connectivity index (χ1n) is 8.32. The van der Waals surface area contributed by atoms with E-state index in [1.54, 1.807) is 26.5 Å². The number of ether oxygens (including phenoxy) is 2. The lowest BCUT2D eigenvalue weighted by atomic mass is 10.0. The van der Waals surface area contributed by atoms with Crippen molar-refractivity contribution < 1.29 is 14.3 Å². The van der Waals surface area contributed by atoms with Gasteiger partial charge in [0.15, 0.2) is 11.5 Å². The van der Waals surface area contributed by atoms with Crippen molar-refractivity contribution in [3.05, 3.63) is 70.2 Å². The molecule has 138 valence electrons. The van der Waals surface area contributed by atoms with Crippen molar-refractivity contribution in [2.24, 2.45) is 5.10 Å². The molecule has 0 fully saturated rings. The number of hydrogen-bond acceptors (Lipinski definition) is 4. The second kappa shape index (κ2) is 8.68. The van der Waals surface area contributed by atoms with E-state index in [-0.39, 0.29) is 12.3 Å². The van der Waals surface area contributed by atoms with Crippen molar-refractivity contribution in [1.82, 2.24) is 5.43 Å². The van der Waals surface area contributed by atoms with Crippen LogP contribution >= 0.6 is 15.9 Å². The van der Waals surface area contributed by atoms with E-state index in [4.69, 9.17) is 9.47 Å². The van der Waals surface area contributed by atoms with Crippen molar-refractivity contribution in [3.63, 3.8) is 0 Å². The molecule has 3 rings (SSSR count). The topological polar surface area (TPSA) is 59.9 Å². The molecule has 0 spiro atoms. The molecule has 0 bridgehead atoms. The number of fused-ring (bicyclic) bond motifs is 1. The van der Waals surface area contributed by atoms with Crippen LogP contribution < -0.4 is 14.9 Å². The Kier molecular flexibility index (Phi) is 6.08. The van der Waals surface area contributed by atoms with Crippen LogP contribution in [-0.2, 0) is 11.2 Å². The third kappa shape index (κ3) is 4.46. The number of nitrogens with one attached hydrogen (secondary N) is 1. The van der Waals surface area contributed by atoms with Gasteiger partial charge in [0, 0.05) is 0 Å². The van der Waals surface area contributed by atoms with E-state index < -0.39 is 0 Å². The number of nitrogens with zero attached hydrogens (tertiary/aromatic N) is 1. The van der Waals surface area contributed by atoms with Crippen LogP contribution in [0.4, 0.5) is 0 Å². The number of halogens is 1. The minimum Gasteiger partial charge on any atom is -0.493 e. The summed E-state index contributed by atoms with van der Waals surface area (Å²) in [6.07, 6.45) is 1.82. The van der Waals surface area contributed by atoms with Crippen molar-refractivity contribution in [2.75, 3.05) is 14.2 Å². The summed E-state index contributed by atoms with van der Waals surface area (Å²) < 4.78 is 11.3. The van der Waals surface area contributed by atoms with Gasteiger partial charge >= 0.3 is 0 Å². The predicted molar refractivity (Wildman–Crippen MR) is 111 cm³/mol. The number of hydrogen-bond donors (Lipinski definition) is 1. The number of methoxy groups -OCH3 is 2. The zero-order chi connectivity index (χ0) is 19.2. The largest absolute Gasteiger partial charge is 0.493 e. The Morgan fingerprint density at radius 2 is 1.89 bits per heavy atom. The summed E-state index contributed by atoms with van der Waals surface area (Å²) in [5, 5.41) is 6.23. The monoisotopic (exact) mass is 426 g/mol. The summed E-state index contributed by atoms with van der Waals surface area (Å²) in [7, 11) is 3.14. The molecule has 6 heteroatoms. The third-order valence-electron chi connectivity index (χ3n) is 4.09. The Balaban J connectivity index is 1.69. The maximum absolute atomic E-state index is 12.3. The lowest BCUT2D eigenvalue weighted by Crippen LogP contribution is -2.19. The van der Waals surface area contributed by atoms with E-state index >= 15 is 0 Å². The third-order valence-corrected chi connectivity index (χ3v) is 4.68. The molecule has 5 nitrogen and oxygen atoms in total. The maximum Gasteiger partial charge on any atom is 0.244 e. The second-order valence-corrected chi connectivity index (χ2v) is 6.70. The molecule has 0 radical (unpaired) electrons. The minimum atomic E-state index is -0.179.